The Hall–Kier alpha value is -3.02. The van der Waals surface area contributed by atoms with Crippen LogP contribution in [0, 0.1) is 6.92 Å². The summed E-state index contributed by atoms with van der Waals surface area (Å²) in [6.45, 7) is 9.31. The number of amides is 2. The lowest BCUT2D eigenvalue weighted by atomic mass is 10.1. The summed E-state index contributed by atoms with van der Waals surface area (Å²) < 4.78 is 11.2. The van der Waals surface area contributed by atoms with Gasteiger partial charge in [0.1, 0.15) is 19.3 Å². The lowest BCUT2D eigenvalue weighted by molar-refractivity contribution is -0.140. The van der Waals surface area contributed by atoms with Crippen molar-refractivity contribution in [2.24, 2.45) is 0 Å². The van der Waals surface area contributed by atoms with E-state index < -0.39 is 6.04 Å². The molecule has 0 fully saturated rings. The van der Waals surface area contributed by atoms with Crippen molar-refractivity contribution in [1.29, 1.82) is 0 Å². The molecule has 32 heavy (non-hydrogen) atoms. The SMILES string of the molecule is CC[C@@H](C)NC(=O)[C@@H](C)N(Cc1ccc(C)cc1)C(=O)CCc1ccc2c(c1)OCCO2. The van der Waals surface area contributed by atoms with Gasteiger partial charge in [-0.25, -0.2) is 0 Å². The summed E-state index contributed by atoms with van der Waals surface area (Å²) in [5, 5.41) is 3.00. The first-order chi connectivity index (χ1) is 15.4. The number of carbonyl (C=O) groups is 2. The monoisotopic (exact) mass is 438 g/mol. The molecule has 1 heterocycles. The number of hydrogen-bond acceptors (Lipinski definition) is 4. The van der Waals surface area contributed by atoms with Gasteiger partial charge in [0.05, 0.1) is 0 Å². The van der Waals surface area contributed by atoms with Crippen LogP contribution in [0.3, 0.4) is 0 Å². The van der Waals surface area contributed by atoms with Gasteiger partial charge in [-0.1, -0.05) is 42.8 Å². The molecule has 6 heteroatoms. The third-order valence-corrected chi connectivity index (χ3v) is 5.88. The molecule has 0 spiro atoms. The van der Waals surface area contributed by atoms with Gasteiger partial charge < -0.3 is 19.7 Å². The Balaban J connectivity index is 1.71. The number of carbonyl (C=O) groups excluding carboxylic acids is 2. The molecule has 0 saturated carbocycles. The Morgan fingerprint density at radius 1 is 1.00 bits per heavy atom. The molecule has 1 aliphatic rings. The minimum Gasteiger partial charge on any atom is -0.486 e. The van der Waals surface area contributed by atoms with Crippen molar-refractivity contribution in [3.05, 3.63) is 59.2 Å². The molecule has 2 amide bonds. The molecule has 0 aliphatic carbocycles. The van der Waals surface area contributed by atoms with Crippen molar-refractivity contribution in [2.75, 3.05) is 13.2 Å². The van der Waals surface area contributed by atoms with Crippen LogP contribution in [-0.4, -0.2) is 42.0 Å². The Kier molecular flexibility index (Phi) is 8.14. The average molecular weight is 439 g/mol. The normalized spacial score (nSPS) is 14.4. The fraction of sp³-hybridized carbons (Fsp3) is 0.462. The fourth-order valence-electron chi connectivity index (χ4n) is 3.58. The number of benzene rings is 2. The van der Waals surface area contributed by atoms with Crippen LogP contribution >= 0.6 is 0 Å². The number of nitrogens with zero attached hydrogens (tertiary/aromatic N) is 1. The van der Waals surface area contributed by atoms with E-state index in [2.05, 4.69) is 5.32 Å². The van der Waals surface area contributed by atoms with Crippen LogP contribution in [0.4, 0.5) is 0 Å². The highest BCUT2D eigenvalue weighted by atomic mass is 16.6. The number of rotatable bonds is 9. The highest BCUT2D eigenvalue weighted by Gasteiger charge is 2.26. The van der Waals surface area contributed by atoms with E-state index in [-0.39, 0.29) is 17.9 Å². The van der Waals surface area contributed by atoms with Crippen LogP contribution < -0.4 is 14.8 Å². The van der Waals surface area contributed by atoms with Crippen molar-refractivity contribution >= 4 is 11.8 Å². The molecular formula is C26H34N2O4. The van der Waals surface area contributed by atoms with Crippen LogP contribution in [0.1, 0.15) is 50.3 Å². The van der Waals surface area contributed by atoms with Gasteiger partial charge in [-0.3, -0.25) is 9.59 Å². The van der Waals surface area contributed by atoms with E-state index in [1.165, 1.54) is 0 Å². The topological polar surface area (TPSA) is 67.9 Å². The largest absolute Gasteiger partial charge is 0.486 e. The zero-order valence-electron chi connectivity index (χ0n) is 19.5. The number of nitrogens with one attached hydrogen (secondary N) is 1. The zero-order valence-corrected chi connectivity index (χ0v) is 19.5. The van der Waals surface area contributed by atoms with Crippen molar-refractivity contribution in [3.8, 4) is 11.5 Å². The molecule has 6 nitrogen and oxygen atoms in total. The second-order valence-electron chi connectivity index (χ2n) is 8.48. The number of aryl methyl sites for hydroxylation is 2. The molecule has 2 aromatic carbocycles. The van der Waals surface area contributed by atoms with E-state index >= 15 is 0 Å². The van der Waals surface area contributed by atoms with Gasteiger partial charge in [-0.15, -0.1) is 0 Å². The predicted molar refractivity (Wildman–Crippen MR) is 125 cm³/mol. The lowest BCUT2D eigenvalue weighted by Gasteiger charge is -2.30. The van der Waals surface area contributed by atoms with Gasteiger partial charge in [0.15, 0.2) is 11.5 Å². The highest BCUT2D eigenvalue weighted by Crippen LogP contribution is 2.31. The first kappa shape index (κ1) is 23.6. The summed E-state index contributed by atoms with van der Waals surface area (Å²) in [7, 11) is 0. The maximum atomic E-state index is 13.3. The molecule has 0 saturated heterocycles. The molecule has 2 aromatic rings. The molecule has 3 rings (SSSR count). The van der Waals surface area contributed by atoms with Crippen molar-refractivity contribution in [2.45, 2.75) is 65.6 Å². The third-order valence-electron chi connectivity index (χ3n) is 5.88. The summed E-state index contributed by atoms with van der Waals surface area (Å²) in [5.74, 6) is 1.29. The molecule has 0 aromatic heterocycles. The first-order valence-electron chi connectivity index (χ1n) is 11.4. The van der Waals surface area contributed by atoms with E-state index in [0.29, 0.717) is 32.6 Å². The van der Waals surface area contributed by atoms with Crippen LogP contribution in [0.25, 0.3) is 0 Å². The van der Waals surface area contributed by atoms with Crippen molar-refractivity contribution in [1.82, 2.24) is 10.2 Å². The van der Waals surface area contributed by atoms with E-state index in [9.17, 15) is 9.59 Å². The van der Waals surface area contributed by atoms with Crippen LogP contribution in [0.15, 0.2) is 42.5 Å². The molecule has 0 unspecified atom stereocenters. The molecule has 1 aliphatic heterocycles. The zero-order chi connectivity index (χ0) is 23.1. The summed E-state index contributed by atoms with van der Waals surface area (Å²) >= 11 is 0. The second-order valence-corrected chi connectivity index (χ2v) is 8.48. The Bertz CT molecular complexity index is 926. The van der Waals surface area contributed by atoms with E-state index in [1.54, 1.807) is 11.8 Å². The summed E-state index contributed by atoms with van der Waals surface area (Å²) in [6.07, 6.45) is 1.72. The number of fused-ring (bicyclic) bond motifs is 1. The fourth-order valence-corrected chi connectivity index (χ4v) is 3.58. The Labute approximate surface area is 190 Å². The summed E-state index contributed by atoms with van der Waals surface area (Å²) in [5.41, 5.74) is 3.17. The molecule has 0 bridgehead atoms. The predicted octanol–water partition coefficient (Wildman–Crippen LogP) is 4.03. The quantitative estimate of drug-likeness (QED) is 0.642. The van der Waals surface area contributed by atoms with Crippen LogP contribution in [0.5, 0.6) is 11.5 Å². The molecule has 2 atom stereocenters. The van der Waals surface area contributed by atoms with Gasteiger partial charge in [0, 0.05) is 19.0 Å². The smallest absolute Gasteiger partial charge is 0.242 e. The summed E-state index contributed by atoms with van der Waals surface area (Å²) in [6, 6.07) is 13.4. The van der Waals surface area contributed by atoms with Gasteiger partial charge in [0.25, 0.3) is 0 Å². The van der Waals surface area contributed by atoms with Crippen LogP contribution in [0.2, 0.25) is 0 Å². The maximum absolute atomic E-state index is 13.3. The van der Waals surface area contributed by atoms with Gasteiger partial charge in [-0.2, -0.15) is 0 Å². The molecule has 172 valence electrons. The van der Waals surface area contributed by atoms with Crippen molar-refractivity contribution in [3.63, 3.8) is 0 Å². The highest BCUT2D eigenvalue weighted by molar-refractivity contribution is 5.87. The van der Waals surface area contributed by atoms with Gasteiger partial charge >= 0.3 is 0 Å². The van der Waals surface area contributed by atoms with E-state index in [4.69, 9.17) is 9.47 Å². The maximum Gasteiger partial charge on any atom is 0.242 e. The minimum absolute atomic E-state index is 0.0488. The average Bonchev–Trinajstić information content (AvgIpc) is 2.81. The van der Waals surface area contributed by atoms with Crippen LogP contribution in [-0.2, 0) is 22.6 Å². The third kappa shape index (κ3) is 6.25. The van der Waals surface area contributed by atoms with E-state index in [0.717, 1.165) is 34.6 Å². The minimum atomic E-state index is -0.557. The first-order valence-corrected chi connectivity index (χ1v) is 11.4. The molecular weight excluding hydrogens is 404 g/mol. The standard InChI is InChI=1S/C26H34N2O4/c1-5-19(3)27-26(30)20(4)28(17-22-8-6-18(2)7-9-22)25(29)13-11-21-10-12-23-24(16-21)32-15-14-31-23/h6-10,12,16,19-20H,5,11,13-15,17H2,1-4H3,(H,27,30)/t19-,20-/m1/s1. The van der Waals surface area contributed by atoms with E-state index in [1.807, 2.05) is 63.2 Å². The number of hydrogen-bond donors (Lipinski definition) is 1. The second kappa shape index (κ2) is 11.0. The number of ether oxygens (including phenoxy) is 2. The van der Waals surface area contributed by atoms with Gasteiger partial charge in [-0.05, 0) is 56.9 Å². The summed E-state index contributed by atoms with van der Waals surface area (Å²) in [4.78, 5) is 27.8. The molecule has 1 N–H and O–H groups in total. The van der Waals surface area contributed by atoms with Gasteiger partial charge in [0.2, 0.25) is 11.8 Å². The molecule has 0 radical (unpaired) electrons. The van der Waals surface area contributed by atoms with Crippen molar-refractivity contribution < 1.29 is 19.1 Å². The lowest BCUT2D eigenvalue weighted by Crippen LogP contribution is -2.49. The Morgan fingerprint density at radius 3 is 2.34 bits per heavy atom. The Morgan fingerprint density at radius 2 is 1.66 bits per heavy atom.